The lowest BCUT2D eigenvalue weighted by atomic mass is 10.3. The predicted octanol–water partition coefficient (Wildman–Crippen LogP) is 3.44. The number of rotatable bonds is 5. The maximum atomic E-state index is 11.5. The molecule has 0 saturated heterocycles. The van der Waals surface area contributed by atoms with Gasteiger partial charge in [-0.15, -0.1) is 0 Å². The van der Waals surface area contributed by atoms with E-state index in [1.54, 1.807) is 12.1 Å². The van der Waals surface area contributed by atoms with E-state index in [0.29, 0.717) is 22.3 Å². The Morgan fingerprint density at radius 1 is 1.26 bits per heavy atom. The third-order valence-electron chi connectivity index (χ3n) is 2.01. The molecule has 102 valence electrons. The quantitative estimate of drug-likeness (QED) is 0.669. The minimum absolute atomic E-state index is 0.331. The second kappa shape index (κ2) is 7.81. The van der Waals surface area contributed by atoms with E-state index in [2.05, 4.69) is 5.32 Å². The lowest BCUT2D eigenvalue weighted by molar-refractivity contribution is -0.137. The van der Waals surface area contributed by atoms with Crippen LogP contribution in [0.2, 0.25) is 10.0 Å². The van der Waals surface area contributed by atoms with Crippen molar-refractivity contribution in [2.45, 2.75) is 13.3 Å². The molecular formula is C13H13Cl2NO3. The van der Waals surface area contributed by atoms with Crippen LogP contribution in [-0.2, 0) is 14.3 Å². The van der Waals surface area contributed by atoms with Gasteiger partial charge in [-0.25, -0.2) is 4.79 Å². The van der Waals surface area contributed by atoms with E-state index >= 15 is 0 Å². The molecule has 0 unspecified atom stereocenters. The molecule has 0 atom stereocenters. The fraction of sp³-hybridized carbons (Fsp3) is 0.231. The number of benzene rings is 1. The number of anilines is 1. The second-order valence-corrected chi connectivity index (χ2v) is 4.43. The van der Waals surface area contributed by atoms with Crippen LogP contribution < -0.4 is 5.32 Å². The van der Waals surface area contributed by atoms with E-state index in [1.165, 1.54) is 6.07 Å². The highest BCUT2D eigenvalue weighted by Crippen LogP contribution is 2.24. The third kappa shape index (κ3) is 5.77. The van der Waals surface area contributed by atoms with Crippen LogP contribution in [0.1, 0.15) is 13.3 Å². The fourth-order valence-electron chi connectivity index (χ4n) is 1.15. The molecule has 0 radical (unpaired) electrons. The average Bonchev–Trinajstić information content (AvgIpc) is 2.38. The van der Waals surface area contributed by atoms with Crippen molar-refractivity contribution in [3.63, 3.8) is 0 Å². The van der Waals surface area contributed by atoms with Gasteiger partial charge in [-0.05, 0) is 24.6 Å². The summed E-state index contributed by atoms with van der Waals surface area (Å²) in [7, 11) is 0. The molecule has 0 aromatic heterocycles. The number of hydrogen-bond donors (Lipinski definition) is 1. The van der Waals surface area contributed by atoms with Crippen molar-refractivity contribution in [1.82, 2.24) is 0 Å². The molecule has 0 heterocycles. The summed E-state index contributed by atoms with van der Waals surface area (Å²) >= 11 is 11.6. The fourth-order valence-corrected chi connectivity index (χ4v) is 1.45. The minimum atomic E-state index is -0.550. The number of esters is 1. The summed E-state index contributed by atoms with van der Waals surface area (Å²) in [5.74, 6) is -1.00. The molecule has 0 aliphatic carbocycles. The normalized spacial score (nSPS) is 10.5. The third-order valence-corrected chi connectivity index (χ3v) is 2.75. The molecule has 1 aromatic rings. The van der Waals surface area contributed by atoms with Gasteiger partial charge in [0.25, 0.3) is 0 Å². The van der Waals surface area contributed by atoms with Crippen molar-refractivity contribution in [3.05, 3.63) is 40.4 Å². The summed E-state index contributed by atoms with van der Waals surface area (Å²) in [6, 6.07) is 4.69. The smallest absolute Gasteiger partial charge is 0.330 e. The van der Waals surface area contributed by atoms with Crippen LogP contribution in [0.5, 0.6) is 0 Å². The lowest BCUT2D eigenvalue weighted by Crippen LogP contribution is -2.09. The van der Waals surface area contributed by atoms with E-state index in [4.69, 9.17) is 27.9 Å². The van der Waals surface area contributed by atoms with Crippen LogP contribution >= 0.6 is 23.2 Å². The zero-order valence-corrected chi connectivity index (χ0v) is 11.8. The Morgan fingerprint density at radius 3 is 2.63 bits per heavy atom. The molecule has 1 aromatic carbocycles. The number of ether oxygens (including phenoxy) is 1. The number of nitrogens with one attached hydrogen (secondary N) is 1. The molecule has 0 saturated carbocycles. The van der Waals surface area contributed by atoms with E-state index in [0.717, 1.165) is 18.6 Å². The van der Waals surface area contributed by atoms with Gasteiger partial charge < -0.3 is 10.1 Å². The van der Waals surface area contributed by atoms with Crippen LogP contribution in [-0.4, -0.2) is 18.5 Å². The minimum Gasteiger partial charge on any atom is -0.463 e. The van der Waals surface area contributed by atoms with Crippen molar-refractivity contribution < 1.29 is 14.3 Å². The van der Waals surface area contributed by atoms with Gasteiger partial charge in [0.15, 0.2) is 0 Å². The van der Waals surface area contributed by atoms with Crippen molar-refractivity contribution in [2.75, 3.05) is 11.9 Å². The molecule has 1 N–H and O–H groups in total. The van der Waals surface area contributed by atoms with Crippen molar-refractivity contribution in [3.8, 4) is 0 Å². The van der Waals surface area contributed by atoms with Crippen molar-refractivity contribution in [2.24, 2.45) is 0 Å². The molecule has 0 fully saturated rings. The summed E-state index contributed by atoms with van der Waals surface area (Å²) in [5.41, 5.74) is 0.492. The molecular weight excluding hydrogens is 289 g/mol. The maximum absolute atomic E-state index is 11.5. The van der Waals surface area contributed by atoms with Crippen LogP contribution in [0.25, 0.3) is 0 Å². The topological polar surface area (TPSA) is 55.4 Å². The van der Waals surface area contributed by atoms with Crippen molar-refractivity contribution >= 4 is 40.8 Å². The number of halogens is 2. The van der Waals surface area contributed by atoms with Gasteiger partial charge in [0, 0.05) is 17.8 Å². The summed E-state index contributed by atoms with van der Waals surface area (Å²) in [5, 5.41) is 3.28. The number of amides is 1. The molecule has 4 nitrogen and oxygen atoms in total. The average molecular weight is 302 g/mol. The molecule has 1 amide bonds. The highest BCUT2D eigenvalue weighted by atomic mass is 35.5. The maximum Gasteiger partial charge on any atom is 0.330 e. The lowest BCUT2D eigenvalue weighted by Gasteiger charge is -2.03. The van der Waals surface area contributed by atoms with Crippen LogP contribution in [0, 0.1) is 0 Å². The van der Waals surface area contributed by atoms with E-state index in [9.17, 15) is 9.59 Å². The van der Waals surface area contributed by atoms with Gasteiger partial charge in [0.05, 0.1) is 16.7 Å². The first-order chi connectivity index (χ1) is 9.02. The first-order valence-electron chi connectivity index (χ1n) is 5.63. The van der Waals surface area contributed by atoms with E-state index < -0.39 is 11.9 Å². The van der Waals surface area contributed by atoms with Crippen LogP contribution in [0.4, 0.5) is 5.69 Å². The molecule has 19 heavy (non-hydrogen) atoms. The standard InChI is InChI=1S/C13H13Cl2NO3/c1-2-7-19-13(18)6-5-12(17)16-9-3-4-10(14)11(15)8-9/h3-6,8H,2,7H2,1H3,(H,16,17)/b6-5-. The first kappa shape index (κ1) is 15.5. The van der Waals surface area contributed by atoms with E-state index in [-0.39, 0.29) is 0 Å². The van der Waals surface area contributed by atoms with Gasteiger partial charge in [0.2, 0.25) is 5.91 Å². The summed E-state index contributed by atoms with van der Waals surface area (Å²) in [6.07, 6.45) is 2.90. The van der Waals surface area contributed by atoms with Crippen molar-refractivity contribution in [1.29, 1.82) is 0 Å². The number of carbonyl (C=O) groups is 2. The summed E-state index contributed by atoms with van der Waals surface area (Å²) in [4.78, 5) is 22.6. The van der Waals surface area contributed by atoms with Gasteiger partial charge in [-0.3, -0.25) is 4.79 Å². The van der Waals surface area contributed by atoms with Gasteiger partial charge in [0.1, 0.15) is 0 Å². The van der Waals surface area contributed by atoms with Gasteiger partial charge in [-0.2, -0.15) is 0 Å². The number of carbonyl (C=O) groups excluding carboxylic acids is 2. The Morgan fingerprint density at radius 2 is 2.00 bits per heavy atom. The Labute approximate surface area is 121 Å². The first-order valence-corrected chi connectivity index (χ1v) is 6.39. The van der Waals surface area contributed by atoms with Gasteiger partial charge in [-0.1, -0.05) is 30.1 Å². The van der Waals surface area contributed by atoms with Gasteiger partial charge >= 0.3 is 5.97 Å². The highest BCUT2D eigenvalue weighted by Gasteiger charge is 2.03. The van der Waals surface area contributed by atoms with Crippen LogP contribution in [0.3, 0.4) is 0 Å². The molecule has 6 heteroatoms. The Hall–Kier alpha value is -1.52. The Kier molecular flexibility index (Phi) is 6.39. The zero-order chi connectivity index (χ0) is 14.3. The summed E-state index contributed by atoms with van der Waals surface area (Å²) < 4.78 is 4.78. The van der Waals surface area contributed by atoms with E-state index in [1.807, 2.05) is 6.92 Å². The zero-order valence-electron chi connectivity index (χ0n) is 10.3. The summed E-state index contributed by atoms with van der Waals surface area (Å²) in [6.45, 7) is 2.21. The monoisotopic (exact) mass is 301 g/mol. The SMILES string of the molecule is CCCOC(=O)/C=C\C(=O)Nc1ccc(Cl)c(Cl)c1. The number of hydrogen-bond acceptors (Lipinski definition) is 3. The second-order valence-electron chi connectivity index (χ2n) is 3.62. The molecule has 0 aliphatic rings. The highest BCUT2D eigenvalue weighted by molar-refractivity contribution is 6.42. The Balaban J connectivity index is 2.53. The predicted molar refractivity (Wildman–Crippen MR) is 75.5 cm³/mol. The Bertz CT molecular complexity index is 501. The molecule has 0 aliphatic heterocycles. The molecule has 1 rings (SSSR count). The largest absolute Gasteiger partial charge is 0.463 e. The molecule has 0 bridgehead atoms. The molecule has 0 spiro atoms. The van der Waals surface area contributed by atoms with Crippen LogP contribution in [0.15, 0.2) is 30.4 Å².